The third kappa shape index (κ3) is 2.71. The van der Waals surface area contributed by atoms with Crippen molar-refractivity contribution in [2.24, 2.45) is 0 Å². The molecule has 112 valence electrons. The summed E-state index contributed by atoms with van der Waals surface area (Å²) in [6.45, 7) is 0.575. The van der Waals surface area contributed by atoms with Gasteiger partial charge < -0.3 is 19.6 Å². The van der Waals surface area contributed by atoms with Crippen molar-refractivity contribution >= 4 is 11.5 Å². The summed E-state index contributed by atoms with van der Waals surface area (Å²) in [5.41, 5.74) is 0.627. The van der Waals surface area contributed by atoms with Crippen molar-refractivity contribution in [3.63, 3.8) is 0 Å². The SMILES string of the molecule is COc1ccn2c(CNC3CCCC3)nc(C(=O)O)c2c1. The van der Waals surface area contributed by atoms with E-state index in [1.165, 1.54) is 25.7 Å². The number of carboxylic acid groups (broad SMARTS) is 1. The van der Waals surface area contributed by atoms with Gasteiger partial charge in [-0.1, -0.05) is 12.8 Å². The van der Waals surface area contributed by atoms with E-state index in [4.69, 9.17) is 4.74 Å². The molecule has 0 spiro atoms. The van der Waals surface area contributed by atoms with Crippen LogP contribution in [0, 0.1) is 0 Å². The maximum absolute atomic E-state index is 11.4. The van der Waals surface area contributed by atoms with E-state index in [1.54, 1.807) is 25.4 Å². The number of imidazole rings is 1. The molecule has 6 nitrogen and oxygen atoms in total. The van der Waals surface area contributed by atoms with E-state index in [9.17, 15) is 9.90 Å². The Morgan fingerprint density at radius 1 is 1.52 bits per heavy atom. The number of fused-ring (bicyclic) bond motifs is 1. The molecule has 3 rings (SSSR count). The molecule has 2 heterocycles. The smallest absolute Gasteiger partial charge is 0.356 e. The summed E-state index contributed by atoms with van der Waals surface area (Å²) >= 11 is 0. The van der Waals surface area contributed by atoms with Crippen molar-refractivity contribution in [3.8, 4) is 5.75 Å². The molecule has 1 saturated carbocycles. The number of hydrogen-bond donors (Lipinski definition) is 2. The average molecular weight is 289 g/mol. The highest BCUT2D eigenvalue weighted by molar-refractivity contribution is 5.94. The van der Waals surface area contributed by atoms with Crippen LogP contribution in [0.15, 0.2) is 18.3 Å². The lowest BCUT2D eigenvalue weighted by Crippen LogP contribution is -2.26. The van der Waals surface area contributed by atoms with Gasteiger partial charge in [0.2, 0.25) is 0 Å². The fourth-order valence-electron chi connectivity index (χ4n) is 2.90. The summed E-state index contributed by atoms with van der Waals surface area (Å²) in [6, 6.07) is 4.03. The first-order chi connectivity index (χ1) is 10.2. The van der Waals surface area contributed by atoms with Gasteiger partial charge in [-0.05, 0) is 18.9 Å². The minimum absolute atomic E-state index is 0.0668. The standard InChI is InChI=1S/C15H19N3O3/c1-21-11-6-7-18-12(8-11)14(15(19)20)17-13(18)9-16-10-4-2-3-5-10/h6-8,10,16H,2-5,9H2,1H3,(H,19,20). The first-order valence-corrected chi connectivity index (χ1v) is 7.20. The summed E-state index contributed by atoms with van der Waals surface area (Å²) in [7, 11) is 1.56. The Labute approximate surface area is 122 Å². The zero-order valence-corrected chi connectivity index (χ0v) is 12.0. The van der Waals surface area contributed by atoms with Gasteiger partial charge in [0.15, 0.2) is 5.69 Å². The second kappa shape index (κ2) is 5.73. The predicted molar refractivity (Wildman–Crippen MR) is 77.8 cm³/mol. The van der Waals surface area contributed by atoms with Crippen LogP contribution in [-0.4, -0.2) is 33.6 Å². The summed E-state index contributed by atoms with van der Waals surface area (Å²) in [5, 5.41) is 12.8. The lowest BCUT2D eigenvalue weighted by molar-refractivity contribution is 0.0693. The van der Waals surface area contributed by atoms with Crippen molar-refractivity contribution < 1.29 is 14.6 Å². The Kier molecular flexibility index (Phi) is 3.79. The van der Waals surface area contributed by atoms with Gasteiger partial charge in [-0.3, -0.25) is 0 Å². The molecule has 0 amide bonds. The van der Waals surface area contributed by atoms with Crippen molar-refractivity contribution in [3.05, 3.63) is 29.8 Å². The molecule has 21 heavy (non-hydrogen) atoms. The second-order valence-corrected chi connectivity index (χ2v) is 5.37. The monoisotopic (exact) mass is 289 g/mol. The van der Waals surface area contributed by atoms with Crippen LogP contribution in [0.4, 0.5) is 0 Å². The molecule has 6 heteroatoms. The quantitative estimate of drug-likeness (QED) is 0.881. The number of nitrogens with one attached hydrogen (secondary N) is 1. The van der Waals surface area contributed by atoms with Crippen molar-refractivity contribution in [1.29, 1.82) is 0 Å². The van der Waals surface area contributed by atoms with Crippen LogP contribution in [0.3, 0.4) is 0 Å². The third-order valence-corrected chi connectivity index (χ3v) is 4.03. The number of aromatic nitrogens is 2. The van der Waals surface area contributed by atoms with Crippen LogP contribution in [-0.2, 0) is 6.54 Å². The highest BCUT2D eigenvalue weighted by Gasteiger charge is 2.19. The zero-order valence-electron chi connectivity index (χ0n) is 12.0. The zero-order chi connectivity index (χ0) is 14.8. The topological polar surface area (TPSA) is 75.9 Å². The number of hydrogen-bond acceptors (Lipinski definition) is 4. The van der Waals surface area contributed by atoms with Crippen LogP contribution in [0.1, 0.15) is 42.0 Å². The van der Waals surface area contributed by atoms with E-state index >= 15 is 0 Å². The van der Waals surface area contributed by atoms with Gasteiger partial charge in [-0.2, -0.15) is 0 Å². The van der Waals surface area contributed by atoms with Crippen molar-refractivity contribution in [2.45, 2.75) is 38.3 Å². The summed E-state index contributed by atoms with van der Waals surface area (Å²) in [6.07, 6.45) is 6.69. The maximum atomic E-state index is 11.4. The molecule has 0 unspecified atom stereocenters. The first kappa shape index (κ1) is 13.9. The Bertz CT molecular complexity index is 659. The van der Waals surface area contributed by atoms with Gasteiger partial charge >= 0.3 is 5.97 Å². The number of ether oxygens (including phenoxy) is 1. The van der Waals surface area contributed by atoms with Crippen molar-refractivity contribution in [2.75, 3.05) is 7.11 Å². The molecule has 0 aromatic carbocycles. The molecule has 1 fully saturated rings. The molecule has 0 atom stereocenters. The number of pyridine rings is 1. The largest absolute Gasteiger partial charge is 0.497 e. The van der Waals surface area contributed by atoms with E-state index in [1.807, 2.05) is 4.40 Å². The van der Waals surface area contributed by atoms with E-state index in [-0.39, 0.29) is 5.69 Å². The molecule has 2 N–H and O–H groups in total. The number of nitrogens with zero attached hydrogens (tertiary/aromatic N) is 2. The maximum Gasteiger partial charge on any atom is 0.356 e. The number of aromatic carboxylic acids is 1. The van der Waals surface area contributed by atoms with Crippen LogP contribution < -0.4 is 10.1 Å². The molecule has 2 aromatic heterocycles. The fraction of sp³-hybridized carbons (Fsp3) is 0.467. The van der Waals surface area contributed by atoms with Gasteiger partial charge in [-0.15, -0.1) is 0 Å². The minimum Gasteiger partial charge on any atom is -0.497 e. The number of carboxylic acids is 1. The number of carbonyl (C=O) groups is 1. The van der Waals surface area contributed by atoms with Gasteiger partial charge in [-0.25, -0.2) is 9.78 Å². The van der Waals surface area contributed by atoms with Gasteiger partial charge in [0.05, 0.1) is 19.2 Å². The van der Waals surface area contributed by atoms with E-state index in [2.05, 4.69) is 10.3 Å². The number of methoxy groups -OCH3 is 1. The Balaban J connectivity index is 1.92. The third-order valence-electron chi connectivity index (χ3n) is 4.03. The lowest BCUT2D eigenvalue weighted by Gasteiger charge is -2.10. The van der Waals surface area contributed by atoms with Gasteiger partial charge in [0.25, 0.3) is 0 Å². The molecular formula is C15H19N3O3. The molecule has 0 bridgehead atoms. The molecule has 2 aromatic rings. The Morgan fingerprint density at radius 3 is 2.95 bits per heavy atom. The van der Waals surface area contributed by atoms with Gasteiger partial charge in [0, 0.05) is 18.3 Å². The van der Waals surface area contributed by atoms with Crippen molar-refractivity contribution in [1.82, 2.24) is 14.7 Å². The highest BCUT2D eigenvalue weighted by atomic mass is 16.5. The summed E-state index contributed by atoms with van der Waals surface area (Å²) < 4.78 is 6.97. The Hall–Kier alpha value is -2.08. The summed E-state index contributed by atoms with van der Waals surface area (Å²) in [5.74, 6) is 0.324. The highest BCUT2D eigenvalue weighted by Crippen LogP contribution is 2.21. The molecule has 1 aliphatic rings. The van der Waals surface area contributed by atoms with Crippen LogP contribution in [0.5, 0.6) is 5.75 Å². The predicted octanol–water partition coefficient (Wildman–Crippen LogP) is 2.07. The molecule has 0 aliphatic heterocycles. The molecule has 0 radical (unpaired) electrons. The Morgan fingerprint density at radius 2 is 2.29 bits per heavy atom. The summed E-state index contributed by atoms with van der Waals surface area (Å²) in [4.78, 5) is 15.6. The van der Waals surface area contributed by atoms with E-state index in [0.717, 1.165) is 5.82 Å². The molecular weight excluding hydrogens is 270 g/mol. The molecule has 0 saturated heterocycles. The fourth-order valence-corrected chi connectivity index (χ4v) is 2.90. The van der Waals surface area contributed by atoms with Crippen LogP contribution >= 0.6 is 0 Å². The lowest BCUT2D eigenvalue weighted by atomic mass is 10.2. The van der Waals surface area contributed by atoms with Crippen LogP contribution in [0.25, 0.3) is 5.52 Å². The average Bonchev–Trinajstić information content (AvgIpc) is 3.11. The van der Waals surface area contributed by atoms with E-state index in [0.29, 0.717) is 23.9 Å². The second-order valence-electron chi connectivity index (χ2n) is 5.37. The van der Waals surface area contributed by atoms with E-state index < -0.39 is 5.97 Å². The van der Waals surface area contributed by atoms with Gasteiger partial charge in [0.1, 0.15) is 11.6 Å². The number of rotatable bonds is 5. The van der Waals surface area contributed by atoms with Crippen LogP contribution in [0.2, 0.25) is 0 Å². The molecule has 1 aliphatic carbocycles. The minimum atomic E-state index is -1.02. The normalized spacial score (nSPS) is 15.7. The first-order valence-electron chi connectivity index (χ1n) is 7.20.